The van der Waals surface area contributed by atoms with Gasteiger partial charge in [-0.05, 0) is 0 Å². The molecule has 0 radical (unpaired) electrons. The van der Waals surface area contributed by atoms with Crippen molar-refractivity contribution >= 4 is 5.97 Å². The summed E-state index contributed by atoms with van der Waals surface area (Å²) >= 11 is 0. The maximum absolute atomic E-state index is 12.0. The first-order valence-electron chi connectivity index (χ1n) is 4.16. The summed E-state index contributed by atoms with van der Waals surface area (Å²) < 4.78 is 37.1. The van der Waals surface area contributed by atoms with Crippen LogP contribution in [0.25, 0.3) is 0 Å². The molecule has 0 saturated heterocycles. The number of rotatable bonds is 4. The van der Waals surface area contributed by atoms with Crippen molar-refractivity contribution < 1.29 is 27.8 Å². The maximum atomic E-state index is 12.0. The molecule has 0 aliphatic heterocycles. The lowest BCUT2D eigenvalue weighted by Gasteiger charge is -2.07. The molecule has 0 aliphatic rings. The lowest BCUT2D eigenvalue weighted by Crippen LogP contribution is -2.07. The molecule has 0 spiro atoms. The topological polar surface area (TPSA) is 57.7 Å². The quantitative estimate of drug-likeness (QED) is 0.737. The molecule has 0 atom stereocenters. The average Bonchev–Trinajstić information content (AvgIpc) is 2.26. The predicted molar refractivity (Wildman–Crippen MR) is 48.8 cm³/mol. The predicted octanol–water partition coefficient (Wildman–Crippen LogP) is 1.48. The van der Waals surface area contributed by atoms with Crippen molar-refractivity contribution in [2.75, 3.05) is 14.2 Å². The van der Waals surface area contributed by atoms with Gasteiger partial charge in [0, 0.05) is 12.1 Å². The minimum absolute atomic E-state index is 0.0152. The molecule has 16 heavy (non-hydrogen) atoms. The van der Waals surface area contributed by atoms with Crippen LogP contribution >= 0.6 is 0 Å². The number of aromatic nitrogens is 1. The van der Waals surface area contributed by atoms with Gasteiger partial charge >= 0.3 is 12.6 Å². The van der Waals surface area contributed by atoms with E-state index in [9.17, 15) is 13.6 Å². The molecule has 0 saturated carbocycles. The van der Waals surface area contributed by atoms with E-state index < -0.39 is 18.5 Å². The first kappa shape index (κ1) is 12.2. The van der Waals surface area contributed by atoms with Gasteiger partial charge in [0.15, 0.2) is 0 Å². The third kappa shape index (κ3) is 3.04. The van der Waals surface area contributed by atoms with Gasteiger partial charge < -0.3 is 14.2 Å². The fourth-order valence-electron chi connectivity index (χ4n) is 0.973. The van der Waals surface area contributed by atoms with Crippen molar-refractivity contribution in [2.24, 2.45) is 0 Å². The second-order valence-electron chi connectivity index (χ2n) is 2.61. The van der Waals surface area contributed by atoms with Crippen LogP contribution in [0.1, 0.15) is 10.4 Å². The highest BCUT2D eigenvalue weighted by atomic mass is 19.3. The minimum atomic E-state index is -3.02. The lowest BCUT2D eigenvalue weighted by molar-refractivity contribution is -0.0531. The molecule has 0 aliphatic carbocycles. The molecule has 0 aromatic carbocycles. The maximum Gasteiger partial charge on any atom is 0.388 e. The number of nitrogens with zero attached hydrogens (tertiary/aromatic N) is 1. The second kappa shape index (κ2) is 5.24. The monoisotopic (exact) mass is 233 g/mol. The van der Waals surface area contributed by atoms with Crippen molar-refractivity contribution in [3.05, 3.63) is 17.7 Å². The third-order valence-electron chi connectivity index (χ3n) is 1.62. The van der Waals surface area contributed by atoms with E-state index in [1.165, 1.54) is 20.3 Å². The summed E-state index contributed by atoms with van der Waals surface area (Å²) in [5.74, 6) is -1.12. The van der Waals surface area contributed by atoms with Gasteiger partial charge in [0.05, 0.1) is 19.8 Å². The number of ether oxygens (including phenoxy) is 3. The van der Waals surface area contributed by atoms with Gasteiger partial charge in [-0.1, -0.05) is 0 Å². The van der Waals surface area contributed by atoms with Crippen LogP contribution in [0.4, 0.5) is 8.78 Å². The van der Waals surface area contributed by atoms with Crippen molar-refractivity contribution in [1.82, 2.24) is 4.98 Å². The van der Waals surface area contributed by atoms with Crippen LogP contribution in [-0.2, 0) is 4.74 Å². The highest BCUT2D eigenvalue weighted by molar-refractivity contribution is 5.89. The minimum Gasteiger partial charge on any atom is -0.481 e. The summed E-state index contributed by atoms with van der Waals surface area (Å²) in [4.78, 5) is 14.7. The number of halogens is 2. The molecule has 5 nitrogen and oxygen atoms in total. The molecular weight excluding hydrogens is 224 g/mol. The van der Waals surface area contributed by atoms with E-state index in [0.29, 0.717) is 0 Å². The van der Waals surface area contributed by atoms with Gasteiger partial charge in [-0.3, -0.25) is 0 Å². The number of carbonyl (C=O) groups excluding carboxylic acids is 1. The Morgan fingerprint density at radius 1 is 1.31 bits per heavy atom. The molecule has 0 amide bonds. The van der Waals surface area contributed by atoms with E-state index in [-0.39, 0.29) is 11.4 Å². The molecule has 0 unspecified atom stereocenters. The van der Waals surface area contributed by atoms with Gasteiger partial charge in [-0.2, -0.15) is 13.8 Å². The van der Waals surface area contributed by atoms with E-state index in [4.69, 9.17) is 4.74 Å². The zero-order valence-electron chi connectivity index (χ0n) is 8.57. The zero-order valence-corrected chi connectivity index (χ0v) is 8.57. The van der Waals surface area contributed by atoms with Gasteiger partial charge in [-0.15, -0.1) is 0 Å². The molecule has 88 valence electrons. The summed E-state index contributed by atoms with van der Waals surface area (Å²) in [6, 6.07) is 2.30. The Bertz CT molecular complexity index is 384. The van der Waals surface area contributed by atoms with Crippen LogP contribution in [0, 0.1) is 0 Å². The highest BCUT2D eigenvalue weighted by Crippen LogP contribution is 2.19. The Kier molecular flexibility index (Phi) is 3.98. The molecule has 7 heteroatoms. The summed E-state index contributed by atoms with van der Waals surface area (Å²) in [7, 11) is 2.46. The number of pyridine rings is 1. The molecule has 0 fully saturated rings. The fourth-order valence-corrected chi connectivity index (χ4v) is 0.973. The standard InChI is InChI=1S/C9H9F2NO4/c1-14-6-3-5(8(13)15-2)4-7(12-6)16-9(10)11/h3-4,9H,1-2H3. The van der Waals surface area contributed by atoms with E-state index in [1.807, 2.05) is 0 Å². The van der Waals surface area contributed by atoms with Gasteiger partial charge in [0.2, 0.25) is 11.8 Å². The van der Waals surface area contributed by atoms with Crippen LogP contribution in [0.15, 0.2) is 12.1 Å². The molecule has 1 aromatic heterocycles. The molecule has 1 aromatic rings. The molecular formula is C9H9F2NO4. The van der Waals surface area contributed by atoms with Gasteiger partial charge in [-0.25, -0.2) is 4.79 Å². The van der Waals surface area contributed by atoms with Crippen LogP contribution < -0.4 is 9.47 Å². The normalized spacial score (nSPS) is 10.1. The number of hydrogen-bond acceptors (Lipinski definition) is 5. The van der Waals surface area contributed by atoms with E-state index in [2.05, 4.69) is 14.5 Å². The number of carbonyl (C=O) groups is 1. The number of hydrogen-bond donors (Lipinski definition) is 0. The van der Waals surface area contributed by atoms with Crippen molar-refractivity contribution in [2.45, 2.75) is 6.61 Å². The summed E-state index contributed by atoms with van der Waals surface area (Å²) in [5, 5.41) is 0. The van der Waals surface area contributed by atoms with E-state index in [1.54, 1.807) is 0 Å². The SMILES string of the molecule is COC(=O)c1cc(OC)nc(OC(F)F)c1. The van der Waals surface area contributed by atoms with Crippen LogP contribution in [0.5, 0.6) is 11.8 Å². The fraction of sp³-hybridized carbons (Fsp3) is 0.333. The van der Waals surface area contributed by atoms with Crippen LogP contribution in [-0.4, -0.2) is 31.8 Å². The summed E-state index contributed by atoms with van der Waals surface area (Å²) in [5.41, 5.74) is 0.0185. The second-order valence-corrected chi connectivity index (χ2v) is 2.61. The first-order chi connectivity index (χ1) is 7.56. The zero-order chi connectivity index (χ0) is 12.1. The number of esters is 1. The third-order valence-corrected chi connectivity index (χ3v) is 1.62. The van der Waals surface area contributed by atoms with Crippen molar-refractivity contribution in [1.29, 1.82) is 0 Å². The first-order valence-corrected chi connectivity index (χ1v) is 4.16. The van der Waals surface area contributed by atoms with Crippen LogP contribution in [0.2, 0.25) is 0 Å². The number of alkyl halides is 2. The van der Waals surface area contributed by atoms with Gasteiger partial charge in [0.25, 0.3) is 0 Å². The Hall–Kier alpha value is -1.92. The highest BCUT2D eigenvalue weighted by Gasteiger charge is 2.13. The molecule has 0 N–H and O–H groups in total. The molecule has 1 heterocycles. The Morgan fingerprint density at radius 2 is 1.94 bits per heavy atom. The van der Waals surface area contributed by atoms with Crippen molar-refractivity contribution in [3.63, 3.8) is 0 Å². The average molecular weight is 233 g/mol. The largest absolute Gasteiger partial charge is 0.481 e. The molecule has 1 rings (SSSR count). The molecule has 0 bridgehead atoms. The summed E-state index contributed by atoms with van der Waals surface area (Å²) in [6.07, 6.45) is 0. The Morgan fingerprint density at radius 3 is 2.44 bits per heavy atom. The van der Waals surface area contributed by atoms with Crippen molar-refractivity contribution in [3.8, 4) is 11.8 Å². The lowest BCUT2D eigenvalue weighted by atomic mass is 10.2. The van der Waals surface area contributed by atoms with Gasteiger partial charge in [0.1, 0.15) is 0 Å². The van der Waals surface area contributed by atoms with E-state index in [0.717, 1.165) is 6.07 Å². The van der Waals surface area contributed by atoms with E-state index >= 15 is 0 Å². The van der Waals surface area contributed by atoms with Crippen LogP contribution in [0.3, 0.4) is 0 Å². The number of methoxy groups -OCH3 is 2. The summed E-state index contributed by atoms with van der Waals surface area (Å²) in [6.45, 7) is -3.02. The Balaban J connectivity index is 3.05. The Labute approximate surface area is 89.9 Å². The smallest absolute Gasteiger partial charge is 0.388 e.